The predicted octanol–water partition coefficient (Wildman–Crippen LogP) is 7.39. The average Bonchev–Trinajstić information content (AvgIpc) is 3.98. The van der Waals surface area contributed by atoms with Crippen LogP contribution in [-0.2, 0) is 44.9 Å². The molecule has 6 N–H and O–H groups in total. The number of nitrogens with one attached hydrogen (secondary N) is 2. The number of carbonyl (C=O) groups excluding carboxylic acids is 4. The predicted molar refractivity (Wildman–Crippen MR) is 259 cm³/mol. The van der Waals surface area contributed by atoms with Gasteiger partial charge < -0.3 is 31.6 Å². The summed E-state index contributed by atoms with van der Waals surface area (Å²) in [4.78, 5) is 60.6. The number of hydrogen-bond donors (Lipinski definition) is 4. The van der Waals surface area contributed by atoms with Gasteiger partial charge >= 0.3 is 0 Å². The van der Waals surface area contributed by atoms with E-state index >= 15 is 0 Å². The van der Waals surface area contributed by atoms with Crippen LogP contribution >= 0.6 is 0 Å². The minimum absolute atomic E-state index is 0.0529. The Labute approximate surface area is 389 Å². The van der Waals surface area contributed by atoms with Crippen molar-refractivity contribution in [3.05, 3.63) is 129 Å². The molecule has 0 bridgehead atoms. The molecule has 5 aromatic carbocycles. The molecule has 0 radical (unpaired) electrons. The first-order valence-corrected chi connectivity index (χ1v) is 23.6. The highest BCUT2D eigenvalue weighted by Gasteiger charge is 2.30. The zero-order chi connectivity index (χ0) is 47.2. The van der Waals surface area contributed by atoms with Gasteiger partial charge in [0.2, 0.25) is 23.6 Å². The fourth-order valence-electron chi connectivity index (χ4n) is 8.85. The van der Waals surface area contributed by atoms with Crippen LogP contribution in [0.3, 0.4) is 0 Å². The average molecular weight is 893 g/mol. The molecule has 0 spiro atoms. The maximum atomic E-state index is 12.5. The van der Waals surface area contributed by atoms with Gasteiger partial charge in [-0.05, 0) is 134 Å². The van der Waals surface area contributed by atoms with E-state index in [9.17, 15) is 24.0 Å². The highest BCUT2D eigenvalue weighted by Crippen LogP contribution is 2.41. The Bertz CT molecular complexity index is 2580. The van der Waals surface area contributed by atoms with E-state index in [0.29, 0.717) is 64.8 Å². The third kappa shape index (κ3) is 12.6. The van der Waals surface area contributed by atoms with Crippen LogP contribution in [-0.4, -0.2) is 49.9 Å². The van der Waals surface area contributed by atoms with E-state index < -0.39 is 0 Å². The summed E-state index contributed by atoms with van der Waals surface area (Å²) in [5.74, 6) is 6.25. The molecule has 66 heavy (non-hydrogen) atoms. The number of fused-ring (bicyclic) bond motifs is 7. The first-order valence-electron chi connectivity index (χ1n) is 23.6. The molecule has 0 aromatic heterocycles. The number of amides is 4. The summed E-state index contributed by atoms with van der Waals surface area (Å²) in [6.45, 7) is 9.22. The Morgan fingerprint density at radius 3 is 1.55 bits per heavy atom. The monoisotopic (exact) mass is 892 g/mol. The van der Waals surface area contributed by atoms with E-state index in [1.807, 2.05) is 88.4 Å². The van der Waals surface area contributed by atoms with Gasteiger partial charge in [-0.2, -0.15) is 0 Å². The van der Waals surface area contributed by atoms with Gasteiger partial charge in [0.15, 0.2) is 5.43 Å². The number of benzene rings is 4. The largest absolute Gasteiger partial charge is 0.492 e. The van der Waals surface area contributed by atoms with Crippen LogP contribution in [0.25, 0.3) is 22.3 Å². The fourth-order valence-corrected chi connectivity index (χ4v) is 8.85. The molecule has 2 aliphatic carbocycles. The molecule has 11 nitrogen and oxygen atoms in total. The maximum absolute atomic E-state index is 12.5. The molecule has 4 amide bonds. The molecule has 4 atom stereocenters. The molecule has 0 heterocycles. The SMILES string of the molecule is CCC(CC(CC)C(=O)NCCOc1ccc2c(c1)CCc1ccccc1-c1c-2c1=O)C(N)=O.CCC(CC(CC)C(=O)NCCOc1ccc2c(c1)CCc1ccccc1C#C2)C(N)=O. The Hall–Kier alpha value is -6.67. The van der Waals surface area contributed by atoms with Gasteiger partial charge in [-0.1, -0.05) is 88.1 Å². The second-order valence-corrected chi connectivity index (χ2v) is 17.3. The maximum Gasteiger partial charge on any atom is 0.223 e. The van der Waals surface area contributed by atoms with Crippen molar-refractivity contribution in [3.63, 3.8) is 0 Å². The molecule has 0 fully saturated rings. The Morgan fingerprint density at radius 2 is 0.985 bits per heavy atom. The van der Waals surface area contributed by atoms with Crippen molar-refractivity contribution in [3.8, 4) is 45.6 Å². The van der Waals surface area contributed by atoms with Gasteiger partial charge in [0.1, 0.15) is 24.7 Å². The van der Waals surface area contributed by atoms with Crippen molar-refractivity contribution in [2.75, 3.05) is 26.3 Å². The third-order valence-electron chi connectivity index (χ3n) is 13.0. The minimum Gasteiger partial charge on any atom is -0.492 e. The molecule has 11 heteroatoms. The topological polar surface area (TPSA) is 180 Å². The first-order chi connectivity index (χ1) is 32.0. The van der Waals surface area contributed by atoms with Crippen molar-refractivity contribution in [1.29, 1.82) is 0 Å². The molecule has 4 unspecified atom stereocenters. The Balaban J connectivity index is 0.000000219. The zero-order valence-electron chi connectivity index (χ0n) is 38.8. The molecular weight excluding hydrogens is 829 g/mol. The van der Waals surface area contributed by atoms with E-state index in [4.69, 9.17) is 20.9 Å². The molecular formula is C55H64N4O7. The van der Waals surface area contributed by atoms with E-state index in [-0.39, 0.29) is 52.7 Å². The first kappa shape index (κ1) is 48.8. The second-order valence-electron chi connectivity index (χ2n) is 17.3. The van der Waals surface area contributed by atoms with Crippen molar-refractivity contribution < 1.29 is 28.7 Å². The molecule has 0 aliphatic heterocycles. The number of hydrogen-bond acceptors (Lipinski definition) is 7. The highest BCUT2D eigenvalue weighted by atomic mass is 16.5. The number of primary amides is 2. The van der Waals surface area contributed by atoms with Crippen LogP contribution in [0.4, 0.5) is 0 Å². The summed E-state index contributed by atoms with van der Waals surface area (Å²) in [6, 6.07) is 28.2. The summed E-state index contributed by atoms with van der Waals surface area (Å²) in [5.41, 5.74) is 21.6. The smallest absolute Gasteiger partial charge is 0.223 e. The lowest BCUT2D eigenvalue weighted by molar-refractivity contribution is -0.128. The van der Waals surface area contributed by atoms with Crippen LogP contribution < -0.4 is 37.0 Å². The lowest BCUT2D eigenvalue weighted by Gasteiger charge is -2.19. The van der Waals surface area contributed by atoms with E-state index in [2.05, 4.69) is 46.7 Å². The fraction of sp³-hybridized carbons (Fsp3) is 0.400. The molecule has 0 saturated carbocycles. The Kier molecular flexibility index (Phi) is 17.4. The van der Waals surface area contributed by atoms with Crippen LogP contribution in [0.5, 0.6) is 11.5 Å². The van der Waals surface area contributed by atoms with Crippen LogP contribution in [0.1, 0.15) is 99.6 Å². The summed E-state index contributed by atoms with van der Waals surface area (Å²) in [5, 5.41) is 5.84. The van der Waals surface area contributed by atoms with Gasteiger partial charge in [-0.15, -0.1) is 0 Å². The highest BCUT2D eigenvalue weighted by molar-refractivity contribution is 5.96. The summed E-state index contributed by atoms with van der Waals surface area (Å²) in [7, 11) is 0. The normalized spacial score (nSPS) is 14.0. The van der Waals surface area contributed by atoms with Crippen LogP contribution in [0.15, 0.2) is 89.7 Å². The van der Waals surface area contributed by atoms with Crippen molar-refractivity contribution in [2.24, 2.45) is 35.1 Å². The second kappa shape index (κ2) is 23.5. The number of nitrogens with two attached hydrogens (primary N) is 2. The molecule has 5 aromatic rings. The van der Waals surface area contributed by atoms with Crippen molar-refractivity contribution in [1.82, 2.24) is 10.6 Å². The summed E-state index contributed by atoms with van der Waals surface area (Å²) in [6.07, 6.45) is 7.13. The zero-order valence-corrected chi connectivity index (χ0v) is 38.8. The summed E-state index contributed by atoms with van der Waals surface area (Å²) < 4.78 is 11.8. The third-order valence-corrected chi connectivity index (χ3v) is 13.0. The Morgan fingerprint density at radius 1 is 0.545 bits per heavy atom. The van der Waals surface area contributed by atoms with Gasteiger partial charge in [-0.3, -0.25) is 24.0 Å². The van der Waals surface area contributed by atoms with Gasteiger partial charge in [-0.25, -0.2) is 0 Å². The van der Waals surface area contributed by atoms with Gasteiger partial charge in [0.25, 0.3) is 0 Å². The standard InChI is InChI=1S/C28H32N2O4.C27H32N2O3/c1-3-17(27(29)32)15-18(4-2)28(33)30-13-14-34-21-11-12-23-20(16-21)10-9-19-7-5-6-8-22(19)24-25(23)26(24)31;1-3-19(26(28)30)17-20(4-2)27(31)29-15-16-32-25-14-13-23-10-9-21-7-5-6-8-22(21)11-12-24(23)18-25/h5-8,11-12,16-18H,3-4,9-10,13-15H2,1-2H3,(H2,29,32)(H,30,33);5-8,13-14,18-20H,3-4,11-12,15-17H2,1-2H3,(H2,28,30)(H,29,31). The quantitative estimate of drug-likeness (QED) is 0.0465. The van der Waals surface area contributed by atoms with E-state index in [1.54, 1.807) is 0 Å². The van der Waals surface area contributed by atoms with E-state index in [1.165, 1.54) is 16.7 Å². The van der Waals surface area contributed by atoms with Crippen molar-refractivity contribution in [2.45, 2.75) is 91.9 Å². The lowest BCUT2D eigenvalue weighted by Crippen LogP contribution is -2.36. The van der Waals surface area contributed by atoms with Gasteiger partial charge in [0.05, 0.1) is 13.1 Å². The van der Waals surface area contributed by atoms with Crippen LogP contribution in [0, 0.1) is 35.5 Å². The number of ether oxygens (including phenoxy) is 2. The minimum atomic E-state index is -0.352. The molecule has 7 rings (SSSR count). The van der Waals surface area contributed by atoms with Crippen LogP contribution in [0.2, 0.25) is 0 Å². The summed E-state index contributed by atoms with van der Waals surface area (Å²) >= 11 is 0. The lowest BCUT2D eigenvalue weighted by atomic mass is 9.89. The number of aryl methyl sites for hydroxylation is 4. The van der Waals surface area contributed by atoms with Gasteiger partial charge in [0, 0.05) is 45.9 Å². The van der Waals surface area contributed by atoms with E-state index in [0.717, 1.165) is 76.1 Å². The molecule has 346 valence electrons. The number of rotatable bonds is 20. The number of carbonyl (C=O) groups is 4. The molecule has 0 saturated heterocycles. The van der Waals surface area contributed by atoms with Crippen molar-refractivity contribution >= 4 is 23.6 Å². The molecule has 2 aliphatic rings.